The molecular weight excluding hydrogens is 408 g/mol. The summed E-state index contributed by atoms with van der Waals surface area (Å²) in [5.41, 5.74) is 0. The molecule has 2 saturated heterocycles. The van der Waals surface area contributed by atoms with E-state index in [0.717, 1.165) is 38.8 Å². The van der Waals surface area contributed by atoms with Crippen molar-refractivity contribution in [2.24, 2.45) is 0 Å². The van der Waals surface area contributed by atoms with E-state index in [4.69, 9.17) is 10.2 Å². The number of hydrogen-bond donors (Lipinski definition) is 6. The van der Waals surface area contributed by atoms with E-state index >= 15 is 0 Å². The molecule has 2 heterocycles. The van der Waals surface area contributed by atoms with Gasteiger partial charge in [0.1, 0.15) is 0 Å². The van der Waals surface area contributed by atoms with Gasteiger partial charge in [0.25, 0.3) is 11.8 Å². The third kappa shape index (κ3) is 9.91. The lowest BCUT2D eigenvalue weighted by molar-refractivity contribution is -0.657. The van der Waals surface area contributed by atoms with Gasteiger partial charge in [-0.1, -0.05) is 0 Å². The molecule has 2 amide bonds. The fourth-order valence-electron chi connectivity index (χ4n) is 2.94. The predicted octanol–water partition coefficient (Wildman–Crippen LogP) is -9.77. The predicted molar refractivity (Wildman–Crippen MR) is 94.9 cm³/mol. The molecule has 0 aromatic carbocycles. The number of rotatable bonds is 8. The Balaban J connectivity index is 0. The van der Waals surface area contributed by atoms with E-state index < -0.39 is 37.2 Å². The van der Waals surface area contributed by atoms with Gasteiger partial charge in [-0.05, 0) is 0 Å². The Bertz CT molecular complexity index is 502. The van der Waals surface area contributed by atoms with Gasteiger partial charge in [-0.2, -0.15) is 0 Å². The summed E-state index contributed by atoms with van der Waals surface area (Å²) >= 11 is 0. The van der Waals surface area contributed by atoms with E-state index in [1.807, 2.05) is 10.6 Å². The van der Waals surface area contributed by atoms with E-state index in [2.05, 4.69) is 10.6 Å². The van der Waals surface area contributed by atoms with E-state index in [1.165, 1.54) is 0 Å². The molecule has 2 aliphatic heterocycles. The van der Waals surface area contributed by atoms with Crippen molar-refractivity contribution in [2.45, 2.75) is 49.9 Å². The van der Waals surface area contributed by atoms with Crippen LogP contribution in [0, 0.1) is 0 Å². The van der Waals surface area contributed by atoms with Crippen LogP contribution in [0.15, 0.2) is 0 Å². The topological polar surface area (TPSA) is 275 Å². The van der Waals surface area contributed by atoms with Crippen molar-refractivity contribution in [1.29, 1.82) is 0 Å². The second-order valence-electron chi connectivity index (χ2n) is 6.67. The smallest absolute Gasteiger partial charge is 0.278 e. The fraction of sp³-hybridized carbons (Fsp3) is 0.750. The molecule has 30 heavy (non-hydrogen) atoms. The molecule has 176 valence electrons. The van der Waals surface area contributed by atoms with Crippen molar-refractivity contribution in [3.8, 4) is 0 Å². The standard InChI is InChI=1S/2C8H14N2O4.2H2O/c2*11-4-6(8(13)14)10-7(12)5-2-1-3-9-5;;/h2*5-6,9,11H,1-4H2,(H,10,12)(H,13,14);2*1H2/t2*5-,6-;;/m00../s1. The molecule has 0 spiro atoms. The Hall–Kier alpha value is -2.36. The highest BCUT2D eigenvalue weighted by Crippen LogP contribution is 1.98. The molecule has 0 aromatic heterocycles. The summed E-state index contributed by atoms with van der Waals surface area (Å²) in [5, 5.41) is 46.2. The van der Waals surface area contributed by atoms with Crippen molar-refractivity contribution < 1.29 is 61.2 Å². The van der Waals surface area contributed by atoms with Crippen molar-refractivity contribution in [3.63, 3.8) is 0 Å². The number of carboxylic acids is 2. The minimum Gasteiger partial charge on any atom is -0.548 e. The zero-order valence-corrected chi connectivity index (χ0v) is 16.5. The monoisotopic (exact) mass is 440 g/mol. The van der Waals surface area contributed by atoms with Crippen LogP contribution < -0.4 is 31.5 Å². The minimum absolute atomic E-state index is 0. The van der Waals surface area contributed by atoms with Crippen LogP contribution in [-0.4, -0.2) is 95.4 Å². The number of nitrogens with two attached hydrogens (primary N) is 2. The number of carbonyl (C=O) groups is 4. The lowest BCUT2D eigenvalue weighted by atomic mass is 10.2. The first-order valence-electron chi connectivity index (χ1n) is 9.21. The molecule has 12 N–H and O–H groups in total. The molecule has 14 nitrogen and oxygen atoms in total. The number of carboxylic acid groups (broad SMARTS) is 2. The molecule has 0 radical (unpaired) electrons. The van der Waals surface area contributed by atoms with E-state index in [0.29, 0.717) is 0 Å². The van der Waals surface area contributed by atoms with Crippen LogP contribution in [0.2, 0.25) is 0 Å². The van der Waals surface area contributed by atoms with Crippen molar-refractivity contribution in [1.82, 2.24) is 10.6 Å². The van der Waals surface area contributed by atoms with E-state index in [9.17, 15) is 29.4 Å². The van der Waals surface area contributed by atoms with Gasteiger partial charge in [0, 0.05) is 25.7 Å². The first-order chi connectivity index (χ1) is 13.3. The van der Waals surface area contributed by atoms with Crippen LogP contribution in [-0.2, 0) is 19.2 Å². The first kappa shape index (κ1) is 29.8. The van der Waals surface area contributed by atoms with Crippen LogP contribution in [0.4, 0.5) is 0 Å². The van der Waals surface area contributed by atoms with Crippen molar-refractivity contribution in [3.05, 3.63) is 0 Å². The number of nitrogens with one attached hydrogen (secondary N) is 2. The average molecular weight is 440 g/mol. The number of quaternary nitrogens is 2. The second kappa shape index (κ2) is 15.5. The summed E-state index contributed by atoms with van der Waals surface area (Å²) in [6.45, 7) is 0.488. The maximum Gasteiger partial charge on any atom is 0.278 e. The maximum absolute atomic E-state index is 11.4. The van der Waals surface area contributed by atoms with Gasteiger partial charge in [-0.3, -0.25) is 9.59 Å². The number of aliphatic carboxylic acids is 2. The summed E-state index contributed by atoms with van der Waals surface area (Å²) in [4.78, 5) is 43.5. The average Bonchev–Trinajstić information content (AvgIpc) is 3.37. The highest BCUT2D eigenvalue weighted by Gasteiger charge is 2.28. The number of amides is 2. The fourth-order valence-corrected chi connectivity index (χ4v) is 2.94. The van der Waals surface area contributed by atoms with Crippen molar-refractivity contribution >= 4 is 23.8 Å². The third-order valence-electron chi connectivity index (χ3n) is 4.58. The Labute approximate surface area is 172 Å². The summed E-state index contributed by atoms with van der Waals surface area (Å²) in [5.74, 6) is -3.60. The Kier molecular flexibility index (Phi) is 15.4. The van der Waals surface area contributed by atoms with Gasteiger partial charge in [0.05, 0.1) is 50.3 Å². The molecule has 0 aromatic rings. The quantitative estimate of drug-likeness (QED) is 0.210. The molecule has 2 fully saturated rings. The first-order valence-corrected chi connectivity index (χ1v) is 9.21. The largest absolute Gasteiger partial charge is 0.548 e. The Morgan fingerprint density at radius 3 is 1.33 bits per heavy atom. The van der Waals surface area contributed by atoms with Crippen LogP contribution in [0.5, 0.6) is 0 Å². The Morgan fingerprint density at radius 2 is 1.13 bits per heavy atom. The Morgan fingerprint density at radius 1 is 0.800 bits per heavy atom. The highest BCUT2D eigenvalue weighted by atomic mass is 16.4. The number of hydrogen-bond acceptors (Lipinski definition) is 8. The molecule has 14 heteroatoms. The summed E-state index contributed by atoms with van der Waals surface area (Å²) < 4.78 is 0. The van der Waals surface area contributed by atoms with Gasteiger partial charge in [-0.25, -0.2) is 0 Å². The van der Waals surface area contributed by atoms with Crippen LogP contribution in [0.1, 0.15) is 25.7 Å². The second-order valence-corrected chi connectivity index (χ2v) is 6.67. The van der Waals surface area contributed by atoms with E-state index in [1.54, 1.807) is 0 Å². The molecule has 4 atom stereocenters. The van der Waals surface area contributed by atoms with E-state index in [-0.39, 0.29) is 34.9 Å². The third-order valence-corrected chi connectivity index (χ3v) is 4.58. The van der Waals surface area contributed by atoms with Gasteiger partial charge in [0.15, 0.2) is 12.1 Å². The SMILES string of the molecule is O.O.O=C([O-])[C@H](CO)NC(=O)[C@@H]1CCC[NH2+]1.O=C([O-])[C@H](CO)NC(=O)[C@@H]1CCC[NH2+]1. The normalized spacial score (nSPS) is 21.5. The molecule has 0 unspecified atom stereocenters. The van der Waals surface area contributed by atoms with Gasteiger partial charge < -0.3 is 62.2 Å². The van der Waals surface area contributed by atoms with Crippen LogP contribution in [0.25, 0.3) is 0 Å². The molecule has 0 aliphatic carbocycles. The zero-order valence-electron chi connectivity index (χ0n) is 16.5. The van der Waals surface area contributed by atoms with Crippen LogP contribution in [0.3, 0.4) is 0 Å². The maximum atomic E-state index is 11.4. The summed E-state index contributed by atoms with van der Waals surface area (Å²) in [6, 6.07) is -3.03. The molecule has 0 saturated carbocycles. The minimum atomic E-state index is -1.46. The van der Waals surface area contributed by atoms with Gasteiger partial charge in [0.2, 0.25) is 0 Å². The summed E-state index contributed by atoms with van der Waals surface area (Å²) in [7, 11) is 0. The molecular formula is C16H32N4O10. The number of aliphatic hydroxyl groups excluding tert-OH is 2. The molecule has 2 aliphatic rings. The number of aliphatic hydroxyl groups is 2. The summed E-state index contributed by atoms with van der Waals surface area (Å²) in [6.07, 6.45) is 3.40. The van der Waals surface area contributed by atoms with Gasteiger partial charge in [-0.15, -0.1) is 0 Å². The van der Waals surface area contributed by atoms with Gasteiger partial charge >= 0.3 is 0 Å². The molecule has 0 bridgehead atoms. The lowest BCUT2D eigenvalue weighted by Gasteiger charge is -2.18. The lowest BCUT2D eigenvalue weighted by Crippen LogP contribution is -2.89. The van der Waals surface area contributed by atoms with Crippen molar-refractivity contribution in [2.75, 3.05) is 26.3 Å². The van der Waals surface area contributed by atoms with Crippen LogP contribution >= 0.6 is 0 Å². The number of carbonyl (C=O) groups excluding carboxylic acids is 4. The molecule has 2 rings (SSSR count). The highest BCUT2D eigenvalue weighted by molar-refractivity contribution is 5.86. The zero-order chi connectivity index (χ0) is 21.1.